The Hall–Kier alpha value is -1.03. The van der Waals surface area contributed by atoms with Crippen molar-refractivity contribution >= 4 is 27.5 Å². The molecule has 0 radical (unpaired) electrons. The van der Waals surface area contributed by atoms with E-state index in [-0.39, 0.29) is 0 Å². The summed E-state index contributed by atoms with van der Waals surface area (Å²) in [7, 11) is 0. The van der Waals surface area contributed by atoms with Crippen molar-refractivity contribution in [1.82, 2.24) is 5.32 Å². The second-order valence-electron chi connectivity index (χ2n) is 5.30. The van der Waals surface area contributed by atoms with Gasteiger partial charge in [0.25, 0.3) is 0 Å². The summed E-state index contributed by atoms with van der Waals surface area (Å²) in [6.07, 6.45) is 0. The van der Waals surface area contributed by atoms with Crippen molar-refractivity contribution < 1.29 is 4.74 Å². The predicted octanol–water partition coefficient (Wildman–Crippen LogP) is 5.70. The third kappa shape index (κ3) is 4.73. The molecule has 0 aliphatic rings. The maximum Gasteiger partial charge on any atom is 0.133 e. The quantitative estimate of drug-likeness (QED) is 0.730. The Bertz CT molecular complexity index is 628. The molecular weight excluding hydrogens is 350 g/mol. The highest BCUT2D eigenvalue weighted by Crippen LogP contribution is 2.30. The second-order valence-corrected chi connectivity index (χ2v) is 6.59. The number of nitrogens with one attached hydrogen (secondary N) is 1. The van der Waals surface area contributed by atoms with Crippen LogP contribution in [0.5, 0.6) is 11.5 Å². The van der Waals surface area contributed by atoms with E-state index in [1.54, 1.807) is 0 Å². The van der Waals surface area contributed by atoms with E-state index < -0.39 is 0 Å². The van der Waals surface area contributed by atoms with Crippen LogP contribution in [0, 0.1) is 6.92 Å². The summed E-state index contributed by atoms with van der Waals surface area (Å²) in [5.41, 5.74) is 2.23. The van der Waals surface area contributed by atoms with E-state index in [9.17, 15) is 0 Å². The summed E-state index contributed by atoms with van der Waals surface area (Å²) in [6.45, 7) is 7.03. The maximum absolute atomic E-state index is 6.09. The number of hydrogen-bond acceptors (Lipinski definition) is 2. The fourth-order valence-electron chi connectivity index (χ4n) is 1.89. The molecule has 1 N–H and O–H groups in total. The minimum Gasteiger partial charge on any atom is -0.457 e. The predicted molar refractivity (Wildman–Crippen MR) is 92.4 cm³/mol. The van der Waals surface area contributed by atoms with Crippen LogP contribution in [-0.2, 0) is 6.54 Å². The highest BCUT2D eigenvalue weighted by Gasteiger charge is 2.08. The number of hydrogen-bond donors (Lipinski definition) is 1. The molecule has 112 valence electrons. The van der Waals surface area contributed by atoms with Gasteiger partial charge in [-0.25, -0.2) is 0 Å². The molecule has 0 aliphatic heterocycles. The fraction of sp³-hybridized carbons (Fsp3) is 0.294. The topological polar surface area (TPSA) is 21.3 Å². The summed E-state index contributed by atoms with van der Waals surface area (Å²) in [5, 5.41) is 4.07. The molecule has 0 fully saturated rings. The van der Waals surface area contributed by atoms with Gasteiger partial charge in [0.2, 0.25) is 0 Å². The standard InChI is InChI=1S/C17H19BrClNO/c1-11(2)20-10-13-4-5-14(19)9-17(13)21-15-6-7-16(18)12(3)8-15/h4-9,11,20H,10H2,1-3H3. The molecule has 2 rings (SSSR count). The van der Waals surface area contributed by atoms with Gasteiger partial charge < -0.3 is 10.1 Å². The average Bonchev–Trinajstić information content (AvgIpc) is 2.42. The molecule has 2 aromatic rings. The molecule has 0 heterocycles. The van der Waals surface area contributed by atoms with Crippen molar-refractivity contribution in [2.45, 2.75) is 33.4 Å². The van der Waals surface area contributed by atoms with Crippen molar-refractivity contribution in [2.24, 2.45) is 0 Å². The molecule has 0 saturated carbocycles. The number of aryl methyl sites for hydroxylation is 1. The van der Waals surface area contributed by atoms with E-state index in [0.29, 0.717) is 11.1 Å². The number of ether oxygens (including phenoxy) is 1. The Morgan fingerprint density at radius 3 is 2.62 bits per heavy atom. The van der Waals surface area contributed by atoms with E-state index in [1.807, 2.05) is 43.3 Å². The summed E-state index contributed by atoms with van der Waals surface area (Å²) < 4.78 is 7.09. The molecule has 2 aromatic carbocycles. The molecule has 0 unspecified atom stereocenters. The minimum absolute atomic E-state index is 0.420. The largest absolute Gasteiger partial charge is 0.457 e. The van der Waals surface area contributed by atoms with Crippen molar-refractivity contribution in [3.05, 3.63) is 57.0 Å². The molecule has 21 heavy (non-hydrogen) atoms. The minimum atomic E-state index is 0.420. The van der Waals surface area contributed by atoms with Crippen LogP contribution in [0.1, 0.15) is 25.0 Å². The van der Waals surface area contributed by atoms with E-state index in [0.717, 1.165) is 33.6 Å². The smallest absolute Gasteiger partial charge is 0.133 e. The normalized spacial score (nSPS) is 11.0. The van der Waals surface area contributed by atoms with Crippen LogP contribution in [0.3, 0.4) is 0 Å². The van der Waals surface area contributed by atoms with Gasteiger partial charge >= 0.3 is 0 Å². The molecule has 0 bridgehead atoms. The van der Waals surface area contributed by atoms with Crippen molar-refractivity contribution in [3.8, 4) is 11.5 Å². The van der Waals surface area contributed by atoms with Gasteiger partial charge in [0.05, 0.1) is 0 Å². The monoisotopic (exact) mass is 367 g/mol. The molecular formula is C17H19BrClNO. The third-order valence-corrected chi connectivity index (χ3v) is 4.21. The molecule has 0 saturated heterocycles. The lowest BCUT2D eigenvalue weighted by Gasteiger charge is -2.14. The van der Waals surface area contributed by atoms with E-state index in [1.165, 1.54) is 0 Å². The molecule has 0 atom stereocenters. The molecule has 2 nitrogen and oxygen atoms in total. The Morgan fingerprint density at radius 1 is 1.19 bits per heavy atom. The summed E-state index contributed by atoms with van der Waals surface area (Å²) in [5.74, 6) is 1.60. The summed E-state index contributed by atoms with van der Waals surface area (Å²) in [6, 6.07) is 12.1. The lowest BCUT2D eigenvalue weighted by atomic mass is 10.2. The van der Waals surface area contributed by atoms with Crippen LogP contribution in [0.25, 0.3) is 0 Å². The highest BCUT2D eigenvalue weighted by atomic mass is 79.9. The van der Waals surface area contributed by atoms with Gasteiger partial charge in [0, 0.05) is 27.6 Å². The molecule has 0 aromatic heterocycles. The zero-order chi connectivity index (χ0) is 15.4. The van der Waals surface area contributed by atoms with Crippen molar-refractivity contribution in [3.63, 3.8) is 0 Å². The average molecular weight is 369 g/mol. The maximum atomic E-state index is 6.09. The first-order valence-corrected chi connectivity index (χ1v) is 8.08. The Balaban J connectivity index is 2.24. The first-order chi connectivity index (χ1) is 9.95. The third-order valence-electron chi connectivity index (χ3n) is 3.09. The number of rotatable bonds is 5. The number of benzene rings is 2. The SMILES string of the molecule is Cc1cc(Oc2cc(Cl)ccc2CNC(C)C)ccc1Br. The van der Waals surface area contributed by atoms with E-state index >= 15 is 0 Å². The molecule has 0 spiro atoms. The van der Waals surface area contributed by atoms with Gasteiger partial charge in [-0.2, -0.15) is 0 Å². The molecule has 0 aliphatic carbocycles. The van der Waals surface area contributed by atoms with E-state index in [4.69, 9.17) is 16.3 Å². The van der Waals surface area contributed by atoms with Crippen molar-refractivity contribution in [1.29, 1.82) is 0 Å². The first-order valence-electron chi connectivity index (χ1n) is 6.91. The lowest BCUT2D eigenvalue weighted by molar-refractivity contribution is 0.469. The summed E-state index contributed by atoms with van der Waals surface area (Å²) in [4.78, 5) is 0. The van der Waals surface area contributed by atoms with Gasteiger partial charge in [-0.15, -0.1) is 0 Å². The van der Waals surface area contributed by atoms with Crippen molar-refractivity contribution in [2.75, 3.05) is 0 Å². The van der Waals surface area contributed by atoms with Gasteiger partial charge in [0.15, 0.2) is 0 Å². The first kappa shape index (κ1) is 16.3. The van der Waals surface area contributed by atoms with E-state index in [2.05, 4.69) is 35.1 Å². The van der Waals surface area contributed by atoms with Crippen LogP contribution in [0.4, 0.5) is 0 Å². The van der Waals surface area contributed by atoms with Gasteiger partial charge in [-0.1, -0.05) is 47.4 Å². The van der Waals surface area contributed by atoms with Gasteiger partial charge in [-0.05, 0) is 42.8 Å². The zero-order valence-electron chi connectivity index (χ0n) is 12.4. The van der Waals surface area contributed by atoms with Crippen LogP contribution < -0.4 is 10.1 Å². The van der Waals surface area contributed by atoms with Crippen LogP contribution in [0.2, 0.25) is 5.02 Å². The fourth-order valence-corrected chi connectivity index (χ4v) is 2.30. The Morgan fingerprint density at radius 2 is 1.95 bits per heavy atom. The van der Waals surface area contributed by atoms with Gasteiger partial charge in [0.1, 0.15) is 11.5 Å². The van der Waals surface area contributed by atoms with Crippen LogP contribution >= 0.6 is 27.5 Å². The molecule has 0 amide bonds. The zero-order valence-corrected chi connectivity index (χ0v) is 14.8. The Kier molecular flexibility index (Phi) is 5.68. The summed E-state index contributed by atoms with van der Waals surface area (Å²) >= 11 is 9.59. The highest BCUT2D eigenvalue weighted by molar-refractivity contribution is 9.10. The Labute approximate surface area is 139 Å². The van der Waals surface area contributed by atoms with Gasteiger partial charge in [-0.3, -0.25) is 0 Å². The second kappa shape index (κ2) is 7.30. The lowest BCUT2D eigenvalue weighted by Crippen LogP contribution is -2.22. The number of halogens is 2. The van der Waals surface area contributed by atoms with Crippen LogP contribution in [0.15, 0.2) is 40.9 Å². The van der Waals surface area contributed by atoms with Crippen LogP contribution in [-0.4, -0.2) is 6.04 Å². The molecule has 4 heteroatoms.